The molecule has 1 aliphatic rings. The lowest BCUT2D eigenvalue weighted by Gasteiger charge is -2.24. The third-order valence-corrected chi connectivity index (χ3v) is 6.24. The summed E-state index contributed by atoms with van der Waals surface area (Å²) in [6.45, 7) is 0. The second-order valence-corrected chi connectivity index (χ2v) is 8.65. The third-order valence-electron chi connectivity index (χ3n) is 5.73. The Morgan fingerprint density at radius 3 is 2.18 bits per heavy atom. The van der Waals surface area contributed by atoms with Crippen molar-refractivity contribution in [2.45, 2.75) is 19.3 Å². The van der Waals surface area contributed by atoms with Gasteiger partial charge in [0.05, 0.1) is 11.1 Å². The molecular formula is C24H21Cl2N7. The van der Waals surface area contributed by atoms with Gasteiger partial charge < -0.3 is 5.43 Å². The van der Waals surface area contributed by atoms with Gasteiger partial charge in [-0.15, -0.1) is 0 Å². The highest BCUT2D eigenvalue weighted by molar-refractivity contribution is 6.31. The number of nitrogen functional groups attached to an aromatic ring is 2. The molecule has 166 valence electrons. The average molecular weight is 478 g/mol. The number of pyridine rings is 1. The zero-order valence-electron chi connectivity index (χ0n) is 17.6. The third kappa shape index (κ3) is 4.12. The van der Waals surface area contributed by atoms with Crippen molar-refractivity contribution in [3.8, 4) is 11.1 Å². The van der Waals surface area contributed by atoms with Crippen LogP contribution in [0.1, 0.15) is 29.7 Å². The normalized spacial score (nSPS) is 14.4. The van der Waals surface area contributed by atoms with Crippen LogP contribution in [-0.4, -0.2) is 15.0 Å². The Hall–Kier alpha value is -3.23. The van der Waals surface area contributed by atoms with Crippen LogP contribution in [-0.2, 0) is 6.42 Å². The zero-order chi connectivity index (χ0) is 22.9. The molecule has 2 heterocycles. The van der Waals surface area contributed by atoms with E-state index < -0.39 is 0 Å². The first-order valence-corrected chi connectivity index (χ1v) is 11.2. The summed E-state index contributed by atoms with van der Waals surface area (Å²) in [6.07, 6.45) is 4.93. The second kappa shape index (κ2) is 8.96. The standard InChI is InChI=1S/C24H21Cl2N7/c25-16-8-4-13(5-9-16)12-15-2-1-3-18-19(14-6-10-17(26)11-7-14)20-22(29-21(15)18)30-24(33-28)31-23(20)32-27/h4-12H,1-3,27-28H2,(H2,29,30,31,32,33)/b15-12+. The lowest BCUT2D eigenvalue weighted by Crippen LogP contribution is -2.17. The summed E-state index contributed by atoms with van der Waals surface area (Å²) >= 11 is 12.2. The van der Waals surface area contributed by atoms with Crippen molar-refractivity contribution in [2.75, 3.05) is 10.9 Å². The molecular weight excluding hydrogens is 457 g/mol. The van der Waals surface area contributed by atoms with Crippen LogP contribution in [0.25, 0.3) is 33.8 Å². The molecule has 1 aliphatic carbocycles. The minimum Gasteiger partial charge on any atom is -0.308 e. The Balaban J connectivity index is 1.83. The van der Waals surface area contributed by atoms with E-state index in [0.29, 0.717) is 21.5 Å². The zero-order valence-corrected chi connectivity index (χ0v) is 19.1. The van der Waals surface area contributed by atoms with Gasteiger partial charge in [0.2, 0.25) is 5.95 Å². The van der Waals surface area contributed by atoms with Crippen molar-refractivity contribution < 1.29 is 0 Å². The van der Waals surface area contributed by atoms with E-state index in [-0.39, 0.29) is 5.95 Å². The first-order chi connectivity index (χ1) is 16.1. The molecule has 0 bridgehead atoms. The van der Waals surface area contributed by atoms with Crippen molar-refractivity contribution in [3.63, 3.8) is 0 Å². The van der Waals surface area contributed by atoms with E-state index in [9.17, 15) is 0 Å². The molecule has 0 radical (unpaired) electrons. The highest BCUT2D eigenvalue weighted by Gasteiger charge is 2.25. The van der Waals surface area contributed by atoms with Crippen molar-refractivity contribution in [3.05, 3.63) is 75.4 Å². The number of aromatic nitrogens is 3. The Morgan fingerprint density at radius 2 is 1.52 bits per heavy atom. The van der Waals surface area contributed by atoms with Gasteiger partial charge in [-0.3, -0.25) is 5.43 Å². The summed E-state index contributed by atoms with van der Waals surface area (Å²) in [7, 11) is 0. The van der Waals surface area contributed by atoms with Gasteiger partial charge in [-0.25, -0.2) is 16.7 Å². The minimum atomic E-state index is 0.226. The molecule has 5 rings (SSSR count). The molecule has 0 unspecified atom stereocenters. The molecule has 0 aliphatic heterocycles. The van der Waals surface area contributed by atoms with Crippen molar-refractivity contribution in [2.24, 2.45) is 11.7 Å². The van der Waals surface area contributed by atoms with Crippen LogP contribution >= 0.6 is 23.2 Å². The van der Waals surface area contributed by atoms with Gasteiger partial charge in [-0.2, -0.15) is 9.97 Å². The van der Waals surface area contributed by atoms with Crippen LogP contribution in [0, 0.1) is 0 Å². The average Bonchev–Trinajstić information content (AvgIpc) is 2.84. The maximum absolute atomic E-state index is 6.17. The monoisotopic (exact) mass is 477 g/mol. The number of nitrogens with zero attached hydrogens (tertiary/aromatic N) is 3. The number of nitrogens with one attached hydrogen (secondary N) is 2. The smallest absolute Gasteiger partial charge is 0.241 e. The van der Waals surface area contributed by atoms with Crippen molar-refractivity contribution >= 4 is 57.7 Å². The van der Waals surface area contributed by atoms with Gasteiger partial charge in [-0.05, 0) is 71.9 Å². The first-order valence-electron chi connectivity index (χ1n) is 10.5. The quantitative estimate of drug-likeness (QED) is 0.228. The molecule has 4 aromatic rings. The molecule has 0 saturated carbocycles. The lowest BCUT2D eigenvalue weighted by atomic mass is 9.84. The molecule has 0 spiro atoms. The number of nitrogens with two attached hydrogens (primary N) is 2. The van der Waals surface area contributed by atoms with E-state index in [0.717, 1.165) is 58.2 Å². The molecule has 2 aromatic heterocycles. The van der Waals surface area contributed by atoms with E-state index >= 15 is 0 Å². The fourth-order valence-corrected chi connectivity index (χ4v) is 4.54. The SMILES string of the molecule is NNc1nc(NN)c2c(-c3ccc(Cl)cc3)c3c(nc2n1)/C(=C/c1ccc(Cl)cc1)CCC3. The summed E-state index contributed by atoms with van der Waals surface area (Å²) in [5.41, 5.74) is 11.9. The number of hydrogen-bond acceptors (Lipinski definition) is 7. The van der Waals surface area contributed by atoms with Crippen LogP contribution in [0.3, 0.4) is 0 Å². The Morgan fingerprint density at radius 1 is 0.818 bits per heavy atom. The summed E-state index contributed by atoms with van der Waals surface area (Å²) < 4.78 is 0. The van der Waals surface area contributed by atoms with E-state index in [1.165, 1.54) is 0 Å². The number of anilines is 2. The number of benzene rings is 2. The molecule has 33 heavy (non-hydrogen) atoms. The Labute approximate surface area is 200 Å². The van der Waals surface area contributed by atoms with Crippen molar-refractivity contribution in [1.82, 2.24) is 15.0 Å². The summed E-state index contributed by atoms with van der Waals surface area (Å²) in [6, 6.07) is 15.5. The highest BCUT2D eigenvalue weighted by atomic mass is 35.5. The van der Waals surface area contributed by atoms with Gasteiger partial charge in [0.1, 0.15) is 0 Å². The van der Waals surface area contributed by atoms with E-state index in [1.807, 2.05) is 48.5 Å². The van der Waals surface area contributed by atoms with Crippen LogP contribution < -0.4 is 22.5 Å². The van der Waals surface area contributed by atoms with Crippen LogP contribution in [0.2, 0.25) is 10.0 Å². The summed E-state index contributed by atoms with van der Waals surface area (Å²) in [5.74, 6) is 12.1. The largest absolute Gasteiger partial charge is 0.308 e. The highest BCUT2D eigenvalue weighted by Crippen LogP contribution is 2.42. The van der Waals surface area contributed by atoms with E-state index in [4.69, 9.17) is 39.9 Å². The van der Waals surface area contributed by atoms with Crippen LogP contribution in [0.15, 0.2) is 48.5 Å². The summed E-state index contributed by atoms with van der Waals surface area (Å²) in [5, 5.41) is 2.11. The Kier molecular flexibility index (Phi) is 5.86. The maximum atomic E-state index is 6.17. The Bertz CT molecular complexity index is 1370. The lowest BCUT2D eigenvalue weighted by molar-refractivity contribution is 0.815. The molecule has 0 saturated heterocycles. The number of fused-ring (bicyclic) bond motifs is 2. The van der Waals surface area contributed by atoms with Gasteiger partial charge >= 0.3 is 0 Å². The van der Waals surface area contributed by atoms with Crippen molar-refractivity contribution in [1.29, 1.82) is 0 Å². The van der Waals surface area contributed by atoms with Gasteiger partial charge in [0, 0.05) is 15.6 Å². The number of halogens is 2. The predicted molar refractivity (Wildman–Crippen MR) is 136 cm³/mol. The predicted octanol–water partition coefficient (Wildman–Crippen LogP) is 5.45. The minimum absolute atomic E-state index is 0.226. The van der Waals surface area contributed by atoms with Crippen LogP contribution in [0.4, 0.5) is 11.8 Å². The van der Waals surface area contributed by atoms with Gasteiger partial charge in [0.15, 0.2) is 11.5 Å². The second-order valence-electron chi connectivity index (χ2n) is 7.78. The van der Waals surface area contributed by atoms with Gasteiger partial charge in [0.25, 0.3) is 0 Å². The van der Waals surface area contributed by atoms with Crippen LogP contribution in [0.5, 0.6) is 0 Å². The molecule has 0 fully saturated rings. The fourth-order valence-electron chi connectivity index (χ4n) is 4.29. The topological polar surface area (TPSA) is 115 Å². The van der Waals surface area contributed by atoms with E-state index in [1.54, 1.807) is 0 Å². The summed E-state index contributed by atoms with van der Waals surface area (Å²) in [4.78, 5) is 13.9. The number of hydrogen-bond donors (Lipinski definition) is 4. The number of hydrazine groups is 2. The molecule has 0 amide bonds. The molecule has 7 nitrogen and oxygen atoms in total. The maximum Gasteiger partial charge on any atom is 0.241 e. The molecule has 2 aromatic carbocycles. The number of allylic oxidation sites excluding steroid dienone is 1. The molecule has 9 heteroatoms. The first kappa shape index (κ1) is 21.6. The van der Waals surface area contributed by atoms with E-state index in [2.05, 4.69) is 26.9 Å². The molecule has 6 N–H and O–H groups in total. The fraction of sp³-hybridized carbons (Fsp3) is 0.125. The number of rotatable bonds is 4. The van der Waals surface area contributed by atoms with Gasteiger partial charge in [-0.1, -0.05) is 47.5 Å². The molecule has 0 atom stereocenters.